The Labute approximate surface area is 135 Å². The van der Waals surface area contributed by atoms with Gasteiger partial charge in [0, 0.05) is 24.3 Å². The van der Waals surface area contributed by atoms with Gasteiger partial charge in [-0.1, -0.05) is 50.8 Å². The van der Waals surface area contributed by atoms with Crippen LogP contribution < -0.4 is 5.73 Å². The molecule has 0 heterocycles. The molecular weight excluding hydrogens is 272 g/mol. The Morgan fingerprint density at radius 3 is 2.32 bits per heavy atom. The molecule has 2 N–H and O–H groups in total. The van der Waals surface area contributed by atoms with Gasteiger partial charge < -0.3 is 10.5 Å². The fourth-order valence-electron chi connectivity index (χ4n) is 2.12. The number of allylic oxidation sites excluding steroid dienone is 6. The van der Waals surface area contributed by atoms with Crippen molar-refractivity contribution in [2.24, 2.45) is 16.6 Å². The SMILES string of the molecule is C=C(OC)/C(N)=C(C(=C\C=C/C)/C(CC)=N\C)\C(C)C(=C)C. The monoisotopic (exact) mass is 302 g/mol. The number of aliphatic imine (C=N–C) groups is 1. The average Bonchev–Trinajstić information content (AvgIpc) is 2.51. The van der Waals surface area contributed by atoms with E-state index in [9.17, 15) is 0 Å². The number of methoxy groups -OCH3 is 1. The second-order valence-corrected chi connectivity index (χ2v) is 5.15. The predicted octanol–water partition coefficient (Wildman–Crippen LogP) is 4.55. The van der Waals surface area contributed by atoms with Gasteiger partial charge in [0.05, 0.1) is 12.8 Å². The molecule has 0 aromatic heterocycles. The Morgan fingerprint density at radius 1 is 1.36 bits per heavy atom. The lowest BCUT2D eigenvalue weighted by Crippen LogP contribution is -2.18. The first kappa shape index (κ1) is 20.0. The van der Waals surface area contributed by atoms with Crippen molar-refractivity contribution in [2.75, 3.05) is 14.2 Å². The van der Waals surface area contributed by atoms with Gasteiger partial charge in [-0.05, 0) is 25.8 Å². The Kier molecular flexibility index (Phi) is 8.92. The summed E-state index contributed by atoms with van der Waals surface area (Å²) in [5.74, 6) is 0.535. The van der Waals surface area contributed by atoms with Crippen LogP contribution in [0.15, 0.2) is 64.6 Å². The molecule has 0 bridgehead atoms. The third kappa shape index (κ3) is 5.06. The molecule has 1 atom stereocenters. The van der Waals surface area contributed by atoms with E-state index in [0.717, 1.165) is 28.9 Å². The molecule has 1 unspecified atom stereocenters. The van der Waals surface area contributed by atoms with E-state index in [4.69, 9.17) is 10.5 Å². The summed E-state index contributed by atoms with van der Waals surface area (Å²) >= 11 is 0. The van der Waals surface area contributed by atoms with Crippen molar-refractivity contribution in [3.8, 4) is 0 Å². The van der Waals surface area contributed by atoms with E-state index in [0.29, 0.717) is 11.5 Å². The topological polar surface area (TPSA) is 47.6 Å². The Morgan fingerprint density at radius 2 is 1.95 bits per heavy atom. The van der Waals surface area contributed by atoms with Crippen LogP contribution in [0.3, 0.4) is 0 Å². The minimum absolute atomic E-state index is 0.0757. The van der Waals surface area contributed by atoms with E-state index >= 15 is 0 Å². The van der Waals surface area contributed by atoms with E-state index in [-0.39, 0.29) is 5.92 Å². The van der Waals surface area contributed by atoms with E-state index in [2.05, 4.69) is 32.0 Å². The van der Waals surface area contributed by atoms with Crippen LogP contribution in [0.5, 0.6) is 0 Å². The van der Waals surface area contributed by atoms with Gasteiger partial charge in [0.25, 0.3) is 0 Å². The summed E-state index contributed by atoms with van der Waals surface area (Å²) in [4.78, 5) is 4.41. The van der Waals surface area contributed by atoms with E-state index in [1.54, 1.807) is 14.2 Å². The normalized spacial score (nSPS) is 15.5. The molecule has 0 aromatic carbocycles. The highest BCUT2D eigenvalue weighted by molar-refractivity contribution is 6.04. The fraction of sp³-hybridized carbons (Fsp3) is 0.421. The van der Waals surface area contributed by atoms with Crippen LogP contribution in [0.2, 0.25) is 0 Å². The van der Waals surface area contributed by atoms with Gasteiger partial charge in [-0.25, -0.2) is 0 Å². The number of nitrogens with two attached hydrogens (primary N) is 1. The standard InChI is InChI=1S/C19H30N2O/c1-9-11-12-16(17(10-2)21-7)18(14(5)13(3)4)19(20)15(6)22-8/h9,11-12,14H,3,6,10,20H2,1-2,4-5,7-8H3/b11-9-,16-12-,19-18-,21-17-. The van der Waals surface area contributed by atoms with Crippen LogP contribution in [0, 0.1) is 5.92 Å². The van der Waals surface area contributed by atoms with Crippen LogP contribution >= 0.6 is 0 Å². The number of rotatable bonds is 8. The van der Waals surface area contributed by atoms with Crippen LogP contribution in [0.4, 0.5) is 0 Å². The Hall–Kier alpha value is -2.03. The zero-order chi connectivity index (χ0) is 17.3. The van der Waals surface area contributed by atoms with Crippen molar-refractivity contribution < 1.29 is 4.74 Å². The van der Waals surface area contributed by atoms with Gasteiger partial charge >= 0.3 is 0 Å². The molecule has 0 saturated carbocycles. The van der Waals surface area contributed by atoms with Crippen molar-refractivity contribution in [1.82, 2.24) is 0 Å². The lowest BCUT2D eigenvalue weighted by Gasteiger charge is -2.23. The number of nitrogens with zero attached hydrogens (tertiary/aromatic N) is 1. The summed E-state index contributed by atoms with van der Waals surface area (Å²) in [5, 5.41) is 0. The quantitative estimate of drug-likeness (QED) is 0.309. The molecule has 0 amide bonds. The van der Waals surface area contributed by atoms with Crippen molar-refractivity contribution >= 4 is 5.71 Å². The molecule has 0 aliphatic rings. The molecule has 0 fully saturated rings. The van der Waals surface area contributed by atoms with Gasteiger partial charge in [0.15, 0.2) is 0 Å². The molecule has 0 aromatic rings. The predicted molar refractivity (Wildman–Crippen MR) is 97.9 cm³/mol. The molecule has 0 aliphatic carbocycles. The molecule has 0 saturated heterocycles. The van der Waals surface area contributed by atoms with Crippen molar-refractivity contribution in [1.29, 1.82) is 0 Å². The maximum atomic E-state index is 6.32. The zero-order valence-corrected chi connectivity index (χ0v) is 14.9. The first-order valence-electron chi connectivity index (χ1n) is 7.53. The van der Waals surface area contributed by atoms with Gasteiger partial charge in [-0.15, -0.1) is 0 Å². The summed E-state index contributed by atoms with van der Waals surface area (Å²) in [7, 11) is 3.37. The molecular formula is C19H30N2O. The third-order valence-electron chi connectivity index (χ3n) is 3.67. The maximum absolute atomic E-state index is 6.32. The lowest BCUT2D eigenvalue weighted by molar-refractivity contribution is 0.301. The molecule has 3 nitrogen and oxygen atoms in total. The third-order valence-corrected chi connectivity index (χ3v) is 3.67. The van der Waals surface area contributed by atoms with Crippen molar-refractivity contribution in [2.45, 2.75) is 34.1 Å². The van der Waals surface area contributed by atoms with Crippen LogP contribution in [-0.4, -0.2) is 19.9 Å². The fourth-order valence-corrected chi connectivity index (χ4v) is 2.12. The average molecular weight is 302 g/mol. The first-order valence-corrected chi connectivity index (χ1v) is 7.53. The highest BCUT2D eigenvalue weighted by Crippen LogP contribution is 2.30. The minimum Gasteiger partial charge on any atom is -0.495 e. The van der Waals surface area contributed by atoms with Crippen molar-refractivity contribution in [3.63, 3.8) is 0 Å². The van der Waals surface area contributed by atoms with E-state index in [1.807, 2.05) is 32.1 Å². The number of hydrogen-bond acceptors (Lipinski definition) is 3. The summed E-state index contributed by atoms with van der Waals surface area (Å²) in [6.45, 7) is 16.1. The van der Waals surface area contributed by atoms with Crippen molar-refractivity contribution in [3.05, 3.63) is 59.6 Å². The molecule has 0 radical (unpaired) electrons. The molecule has 22 heavy (non-hydrogen) atoms. The number of hydrogen-bond donors (Lipinski definition) is 1. The molecule has 0 aliphatic heterocycles. The van der Waals surface area contributed by atoms with Gasteiger partial charge in [0.2, 0.25) is 0 Å². The Balaban J connectivity index is 6.45. The van der Waals surface area contributed by atoms with Crippen LogP contribution in [0.1, 0.15) is 34.1 Å². The molecule has 122 valence electrons. The van der Waals surface area contributed by atoms with Crippen LogP contribution in [0.25, 0.3) is 0 Å². The highest BCUT2D eigenvalue weighted by atomic mass is 16.5. The molecule has 0 spiro atoms. The highest BCUT2D eigenvalue weighted by Gasteiger charge is 2.22. The zero-order valence-electron chi connectivity index (χ0n) is 14.9. The summed E-state index contributed by atoms with van der Waals surface area (Å²) < 4.78 is 5.23. The second-order valence-electron chi connectivity index (χ2n) is 5.15. The van der Waals surface area contributed by atoms with E-state index < -0.39 is 0 Å². The maximum Gasteiger partial charge on any atom is 0.134 e. The van der Waals surface area contributed by atoms with E-state index in [1.165, 1.54) is 0 Å². The molecule has 0 rings (SSSR count). The van der Waals surface area contributed by atoms with Crippen LogP contribution in [-0.2, 0) is 4.74 Å². The summed E-state index contributed by atoms with van der Waals surface area (Å²) in [5.41, 5.74) is 10.9. The number of ether oxygens (including phenoxy) is 1. The first-order chi connectivity index (χ1) is 10.3. The van der Waals surface area contributed by atoms with Gasteiger partial charge in [-0.3, -0.25) is 4.99 Å². The lowest BCUT2D eigenvalue weighted by atomic mass is 9.84. The second kappa shape index (κ2) is 9.82. The molecule has 3 heteroatoms. The Bertz CT molecular complexity index is 534. The largest absolute Gasteiger partial charge is 0.495 e. The van der Waals surface area contributed by atoms with Gasteiger partial charge in [-0.2, -0.15) is 0 Å². The van der Waals surface area contributed by atoms with Gasteiger partial charge in [0.1, 0.15) is 5.76 Å². The summed E-state index contributed by atoms with van der Waals surface area (Å²) in [6.07, 6.45) is 6.83. The minimum atomic E-state index is 0.0757. The smallest absolute Gasteiger partial charge is 0.134 e. The summed E-state index contributed by atoms with van der Waals surface area (Å²) in [6, 6.07) is 0.